The number of carbonyl (C=O) groups is 1. The Balaban J connectivity index is 1.57. The largest absolute Gasteiger partial charge is 0.470 e. The third-order valence-electron chi connectivity index (χ3n) is 4.81. The van der Waals surface area contributed by atoms with Gasteiger partial charge in [-0.3, -0.25) is 4.79 Å². The van der Waals surface area contributed by atoms with Crippen molar-refractivity contribution in [2.75, 3.05) is 13.2 Å². The minimum Gasteiger partial charge on any atom is -0.470 e. The molecule has 6 heteroatoms. The summed E-state index contributed by atoms with van der Waals surface area (Å²) < 4.78 is 13.9. The minimum absolute atomic E-state index is 0.0371. The molecule has 6 nitrogen and oxygen atoms in total. The summed E-state index contributed by atoms with van der Waals surface area (Å²) in [6, 6.07) is 9.39. The number of rotatable bonds is 3. The van der Waals surface area contributed by atoms with Crippen molar-refractivity contribution < 1.29 is 14.3 Å². The molecule has 2 aliphatic rings. The summed E-state index contributed by atoms with van der Waals surface area (Å²) in [6.07, 6.45) is 5.23. The highest BCUT2D eigenvalue weighted by molar-refractivity contribution is 5.93. The van der Waals surface area contributed by atoms with Gasteiger partial charge in [-0.25, -0.2) is 4.98 Å². The Kier molecular flexibility index (Phi) is 3.98. The van der Waals surface area contributed by atoms with Crippen molar-refractivity contribution in [2.24, 2.45) is 7.05 Å². The van der Waals surface area contributed by atoms with Crippen LogP contribution in [-0.2, 0) is 11.8 Å². The van der Waals surface area contributed by atoms with Crippen LogP contribution in [0.25, 0.3) is 0 Å². The van der Waals surface area contributed by atoms with Gasteiger partial charge in [-0.2, -0.15) is 0 Å². The smallest absolute Gasteiger partial charge is 0.270 e. The van der Waals surface area contributed by atoms with Crippen LogP contribution in [0.4, 0.5) is 0 Å². The SMILES string of the molecule is Cn1cccc1C(=O)N1C[C@@H](Oc2ccccn2)[C@H]2OCCC[C@H]21. The molecule has 2 saturated heterocycles. The number of amides is 1. The zero-order chi connectivity index (χ0) is 16.5. The molecule has 0 spiro atoms. The van der Waals surface area contributed by atoms with Gasteiger partial charge in [0.25, 0.3) is 5.91 Å². The van der Waals surface area contributed by atoms with Crippen molar-refractivity contribution in [3.63, 3.8) is 0 Å². The second-order valence-electron chi connectivity index (χ2n) is 6.33. The summed E-state index contributed by atoms with van der Waals surface area (Å²) in [5.41, 5.74) is 0.692. The summed E-state index contributed by atoms with van der Waals surface area (Å²) in [5.74, 6) is 0.610. The average Bonchev–Trinajstić information content (AvgIpc) is 3.20. The molecule has 4 rings (SSSR count). The predicted octanol–water partition coefficient (Wildman–Crippen LogP) is 1.87. The highest BCUT2D eigenvalue weighted by atomic mass is 16.5. The zero-order valence-corrected chi connectivity index (χ0v) is 13.7. The van der Waals surface area contributed by atoms with Gasteiger partial charge in [0.1, 0.15) is 17.9 Å². The normalized spacial score (nSPS) is 26.2. The van der Waals surface area contributed by atoms with Crippen molar-refractivity contribution in [1.82, 2.24) is 14.5 Å². The van der Waals surface area contributed by atoms with E-state index in [-0.39, 0.29) is 24.2 Å². The second kappa shape index (κ2) is 6.28. The van der Waals surface area contributed by atoms with Crippen LogP contribution < -0.4 is 4.74 Å². The van der Waals surface area contributed by atoms with E-state index < -0.39 is 0 Å². The first kappa shape index (κ1) is 15.2. The van der Waals surface area contributed by atoms with Gasteiger partial charge in [0.05, 0.1) is 12.6 Å². The molecule has 3 atom stereocenters. The second-order valence-corrected chi connectivity index (χ2v) is 6.33. The maximum atomic E-state index is 13.0. The summed E-state index contributed by atoms with van der Waals surface area (Å²) in [7, 11) is 1.89. The van der Waals surface area contributed by atoms with Crippen molar-refractivity contribution in [1.29, 1.82) is 0 Å². The van der Waals surface area contributed by atoms with Gasteiger partial charge in [-0.1, -0.05) is 6.07 Å². The zero-order valence-electron chi connectivity index (χ0n) is 13.7. The molecule has 0 radical (unpaired) electrons. The fourth-order valence-electron chi connectivity index (χ4n) is 3.65. The summed E-state index contributed by atoms with van der Waals surface area (Å²) in [5, 5.41) is 0. The third kappa shape index (κ3) is 2.67. The number of hydrogen-bond acceptors (Lipinski definition) is 4. The fourth-order valence-corrected chi connectivity index (χ4v) is 3.65. The van der Waals surface area contributed by atoms with E-state index in [1.165, 1.54) is 0 Å². The van der Waals surface area contributed by atoms with E-state index >= 15 is 0 Å². The Labute approximate surface area is 141 Å². The summed E-state index contributed by atoms with van der Waals surface area (Å²) in [4.78, 5) is 19.1. The summed E-state index contributed by atoms with van der Waals surface area (Å²) in [6.45, 7) is 1.24. The molecule has 2 aromatic heterocycles. The van der Waals surface area contributed by atoms with Gasteiger partial charge in [-0.15, -0.1) is 0 Å². The molecule has 24 heavy (non-hydrogen) atoms. The van der Waals surface area contributed by atoms with E-state index in [2.05, 4.69) is 4.98 Å². The van der Waals surface area contributed by atoms with Crippen LogP contribution in [0.3, 0.4) is 0 Å². The van der Waals surface area contributed by atoms with Crippen LogP contribution in [0, 0.1) is 0 Å². The topological polar surface area (TPSA) is 56.6 Å². The van der Waals surface area contributed by atoms with Crippen LogP contribution in [0.5, 0.6) is 5.88 Å². The van der Waals surface area contributed by atoms with Gasteiger partial charge in [0.2, 0.25) is 5.88 Å². The van der Waals surface area contributed by atoms with Crippen LogP contribution in [0.1, 0.15) is 23.3 Å². The van der Waals surface area contributed by atoms with E-state index in [9.17, 15) is 4.79 Å². The minimum atomic E-state index is -0.186. The summed E-state index contributed by atoms with van der Waals surface area (Å²) >= 11 is 0. The first-order valence-corrected chi connectivity index (χ1v) is 8.35. The van der Waals surface area contributed by atoms with Crippen molar-refractivity contribution >= 4 is 5.91 Å². The lowest BCUT2D eigenvalue weighted by molar-refractivity contribution is -0.0455. The molecule has 2 aromatic rings. The Hall–Kier alpha value is -2.34. The number of fused-ring (bicyclic) bond motifs is 1. The average molecular weight is 327 g/mol. The molecule has 0 saturated carbocycles. The Morgan fingerprint density at radius 1 is 1.33 bits per heavy atom. The van der Waals surface area contributed by atoms with Gasteiger partial charge < -0.3 is 18.9 Å². The highest BCUT2D eigenvalue weighted by Crippen LogP contribution is 2.32. The predicted molar refractivity (Wildman–Crippen MR) is 87.9 cm³/mol. The van der Waals surface area contributed by atoms with E-state index in [1.54, 1.807) is 6.20 Å². The lowest BCUT2D eigenvalue weighted by Gasteiger charge is -2.32. The van der Waals surface area contributed by atoms with E-state index in [4.69, 9.17) is 9.47 Å². The third-order valence-corrected chi connectivity index (χ3v) is 4.81. The quantitative estimate of drug-likeness (QED) is 0.864. The molecule has 0 aliphatic carbocycles. The maximum Gasteiger partial charge on any atom is 0.270 e. The number of aryl methyl sites for hydroxylation is 1. The van der Waals surface area contributed by atoms with E-state index in [0.717, 1.165) is 19.4 Å². The molecular weight excluding hydrogens is 306 g/mol. The van der Waals surface area contributed by atoms with Crippen LogP contribution in [0.2, 0.25) is 0 Å². The Morgan fingerprint density at radius 3 is 3.00 bits per heavy atom. The van der Waals surface area contributed by atoms with E-state index in [0.29, 0.717) is 18.1 Å². The number of hydrogen-bond donors (Lipinski definition) is 0. The molecule has 0 aromatic carbocycles. The van der Waals surface area contributed by atoms with Gasteiger partial charge in [0.15, 0.2) is 0 Å². The Bertz CT molecular complexity index is 715. The standard InChI is InChI=1S/C18H21N3O3/c1-20-10-4-6-14(20)18(22)21-12-15(17-13(21)7-5-11-23-17)24-16-8-2-3-9-19-16/h2-4,6,8-10,13,15,17H,5,7,11-12H2,1H3/t13-,15-,17+/m1/s1. The number of ether oxygens (including phenoxy) is 2. The molecular formula is C18H21N3O3. The van der Waals surface area contributed by atoms with Gasteiger partial charge in [-0.05, 0) is 31.0 Å². The number of nitrogens with zero attached hydrogens (tertiary/aromatic N) is 3. The number of aromatic nitrogens is 2. The van der Waals surface area contributed by atoms with Gasteiger partial charge in [0, 0.05) is 32.1 Å². The molecule has 126 valence electrons. The number of carbonyl (C=O) groups excluding carboxylic acids is 1. The van der Waals surface area contributed by atoms with Crippen LogP contribution >= 0.6 is 0 Å². The van der Waals surface area contributed by atoms with Crippen LogP contribution in [0.15, 0.2) is 42.7 Å². The maximum absolute atomic E-state index is 13.0. The molecule has 0 unspecified atom stereocenters. The highest BCUT2D eigenvalue weighted by Gasteiger charge is 2.48. The van der Waals surface area contributed by atoms with Crippen molar-refractivity contribution in [3.8, 4) is 5.88 Å². The number of pyridine rings is 1. The fraction of sp³-hybridized carbons (Fsp3) is 0.444. The molecule has 4 heterocycles. The molecule has 1 amide bonds. The Morgan fingerprint density at radius 2 is 2.25 bits per heavy atom. The monoisotopic (exact) mass is 327 g/mol. The lowest BCUT2D eigenvalue weighted by Crippen LogP contribution is -2.44. The first-order valence-electron chi connectivity index (χ1n) is 8.35. The number of likely N-dealkylation sites (tertiary alicyclic amines) is 1. The van der Waals surface area contributed by atoms with Crippen molar-refractivity contribution in [2.45, 2.75) is 31.1 Å². The van der Waals surface area contributed by atoms with E-state index in [1.807, 2.05) is 53.0 Å². The molecule has 0 N–H and O–H groups in total. The molecule has 0 bridgehead atoms. The first-order chi connectivity index (χ1) is 11.7. The van der Waals surface area contributed by atoms with Gasteiger partial charge >= 0.3 is 0 Å². The van der Waals surface area contributed by atoms with Crippen LogP contribution in [-0.4, -0.2) is 51.8 Å². The van der Waals surface area contributed by atoms with Crippen molar-refractivity contribution in [3.05, 3.63) is 48.4 Å². The molecule has 2 fully saturated rings. The molecule has 2 aliphatic heterocycles. The lowest BCUT2D eigenvalue weighted by atomic mass is 10.0.